The van der Waals surface area contributed by atoms with Gasteiger partial charge in [0.25, 0.3) is 5.91 Å². The predicted molar refractivity (Wildman–Crippen MR) is 79.7 cm³/mol. The van der Waals surface area contributed by atoms with E-state index in [4.69, 9.17) is 0 Å². The molecule has 0 radical (unpaired) electrons. The molecular weight excluding hydrogens is 264 g/mol. The molecule has 1 aromatic carbocycles. The zero-order valence-electron chi connectivity index (χ0n) is 11.5. The first-order valence-corrected chi connectivity index (χ1v) is 6.78. The number of hydrogen-bond acceptors (Lipinski definition) is 2. The summed E-state index contributed by atoms with van der Waals surface area (Å²) in [6.45, 7) is 1.27. The second-order valence-electron chi connectivity index (χ2n) is 4.79. The number of benzene rings is 1. The molecule has 0 unspecified atom stereocenters. The smallest absolute Gasteiger partial charge is 0.267 e. The largest absolute Gasteiger partial charge is 0.357 e. The van der Waals surface area contributed by atoms with Crippen LogP contribution in [0.4, 0.5) is 0 Å². The van der Waals surface area contributed by atoms with E-state index in [-0.39, 0.29) is 5.91 Å². The average molecular weight is 280 g/mol. The van der Waals surface area contributed by atoms with Crippen molar-refractivity contribution in [3.63, 3.8) is 0 Å². The molecule has 0 bridgehead atoms. The van der Waals surface area contributed by atoms with Crippen molar-refractivity contribution in [2.24, 2.45) is 0 Å². The van der Waals surface area contributed by atoms with Gasteiger partial charge in [-0.1, -0.05) is 24.3 Å². The van der Waals surface area contributed by atoms with E-state index in [9.17, 15) is 4.79 Å². The minimum Gasteiger partial charge on any atom is -0.357 e. The van der Waals surface area contributed by atoms with Gasteiger partial charge in [0.1, 0.15) is 5.69 Å². The fourth-order valence-corrected chi connectivity index (χ4v) is 2.09. The Bertz CT molecular complexity index is 684. The Balaban J connectivity index is 1.56. The molecule has 0 aliphatic carbocycles. The Kier molecular flexibility index (Phi) is 3.82. The highest BCUT2D eigenvalue weighted by molar-refractivity contribution is 5.92. The molecule has 0 aliphatic rings. The Hall–Kier alpha value is -2.82. The molecule has 3 rings (SSSR count). The summed E-state index contributed by atoms with van der Waals surface area (Å²) in [5, 5.41) is 7.06. The fourth-order valence-electron chi connectivity index (χ4n) is 2.09. The van der Waals surface area contributed by atoms with Gasteiger partial charge in [-0.2, -0.15) is 5.10 Å². The monoisotopic (exact) mass is 280 g/mol. The van der Waals surface area contributed by atoms with Gasteiger partial charge in [0.15, 0.2) is 0 Å². The van der Waals surface area contributed by atoms with Crippen molar-refractivity contribution >= 4 is 5.91 Å². The van der Waals surface area contributed by atoms with Crippen LogP contribution in [0.15, 0.2) is 61.1 Å². The maximum Gasteiger partial charge on any atom is 0.267 e. The SMILES string of the molecule is O=C(NCc1ccc(Cn2cccn2)cc1)c1ccc[nH]1. The van der Waals surface area contributed by atoms with Gasteiger partial charge in [-0.05, 0) is 29.3 Å². The number of carbonyl (C=O) groups excluding carboxylic acids is 1. The molecule has 0 atom stereocenters. The summed E-state index contributed by atoms with van der Waals surface area (Å²) >= 11 is 0. The van der Waals surface area contributed by atoms with Crippen molar-refractivity contribution in [2.75, 3.05) is 0 Å². The number of rotatable bonds is 5. The lowest BCUT2D eigenvalue weighted by molar-refractivity contribution is 0.0946. The fraction of sp³-hybridized carbons (Fsp3) is 0.125. The van der Waals surface area contributed by atoms with E-state index in [1.165, 1.54) is 5.56 Å². The Morgan fingerprint density at radius 2 is 1.95 bits per heavy atom. The van der Waals surface area contributed by atoms with Gasteiger partial charge in [-0.3, -0.25) is 9.48 Å². The summed E-state index contributed by atoms with van der Waals surface area (Å²) in [7, 11) is 0. The van der Waals surface area contributed by atoms with Gasteiger partial charge < -0.3 is 10.3 Å². The molecule has 21 heavy (non-hydrogen) atoms. The van der Waals surface area contributed by atoms with Crippen LogP contribution in [-0.4, -0.2) is 20.7 Å². The standard InChI is InChI=1S/C16H16N4O/c21-16(15-3-1-8-17-15)18-11-13-4-6-14(7-5-13)12-20-10-2-9-19-20/h1-10,17H,11-12H2,(H,18,21). The number of hydrogen-bond donors (Lipinski definition) is 2. The zero-order chi connectivity index (χ0) is 14.5. The Morgan fingerprint density at radius 1 is 1.14 bits per heavy atom. The maximum atomic E-state index is 11.8. The minimum atomic E-state index is -0.0967. The van der Waals surface area contributed by atoms with Crippen molar-refractivity contribution < 1.29 is 4.79 Å². The first-order valence-electron chi connectivity index (χ1n) is 6.78. The van der Waals surface area contributed by atoms with Crippen LogP contribution in [0.25, 0.3) is 0 Å². The molecule has 106 valence electrons. The van der Waals surface area contributed by atoms with Crippen LogP contribution < -0.4 is 5.32 Å². The van der Waals surface area contributed by atoms with Crippen molar-refractivity contribution in [3.05, 3.63) is 77.9 Å². The van der Waals surface area contributed by atoms with Crippen LogP contribution in [0.5, 0.6) is 0 Å². The minimum absolute atomic E-state index is 0.0967. The highest BCUT2D eigenvalue weighted by Gasteiger charge is 2.05. The number of amides is 1. The van der Waals surface area contributed by atoms with Gasteiger partial charge in [-0.25, -0.2) is 0 Å². The lowest BCUT2D eigenvalue weighted by Crippen LogP contribution is -2.23. The van der Waals surface area contributed by atoms with E-state index in [1.807, 2.05) is 29.1 Å². The first kappa shape index (κ1) is 13.2. The van der Waals surface area contributed by atoms with Crippen LogP contribution in [0.3, 0.4) is 0 Å². The maximum absolute atomic E-state index is 11.8. The zero-order valence-corrected chi connectivity index (χ0v) is 11.5. The Labute approximate surface area is 122 Å². The van der Waals surface area contributed by atoms with Gasteiger partial charge in [0, 0.05) is 25.1 Å². The molecule has 0 saturated heterocycles. The topological polar surface area (TPSA) is 62.7 Å². The summed E-state index contributed by atoms with van der Waals surface area (Å²) in [5.41, 5.74) is 2.82. The van der Waals surface area contributed by atoms with Gasteiger partial charge in [0.05, 0.1) is 6.54 Å². The normalized spacial score (nSPS) is 10.5. The van der Waals surface area contributed by atoms with Crippen LogP contribution in [0, 0.1) is 0 Å². The molecule has 2 aromatic heterocycles. The summed E-state index contributed by atoms with van der Waals surface area (Å²) in [5.74, 6) is -0.0967. The molecule has 5 nitrogen and oxygen atoms in total. The van der Waals surface area contributed by atoms with Crippen molar-refractivity contribution in [1.29, 1.82) is 0 Å². The number of nitrogens with one attached hydrogen (secondary N) is 2. The van der Waals surface area contributed by atoms with E-state index < -0.39 is 0 Å². The lowest BCUT2D eigenvalue weighted by atomic mass is 10.1. The first-order chi connectivity index (χ1) is 10.3. The summed E-state index contributed by atoms with van der Waals surface area (Å²) < 4.78 is 1.88. The van der Waals surface area contributed by atoms with Crippen molar-refractivity contribution in [3.8, 4) is 0 Å². The van der Waals surface area contributed by atoms with Crippen LogP contribution in [0.1, 0.15) is 21.6 Å². The van der Waals surface area contributed by atoms with Crippen molar-refractivity contribution in [1.82, 2.24) is 20.1 Å². The quantitative estimate of drug-likeness (QED) is 0.752. The van der Waals surface area contributed by atoms with Gasteiger partial charge >= 0.3 is 0 Å². The molecule has 2 N–H and O–H groups in total. The van der Waals surface area contributed by atoms with Crippen LogP contribution in [-0.2, 0) is 13.1 Å². The van der Waals surface area contributed by atoms with E-state index in [2.05, 4.69) is 27.5 Å². The number of aromatic nitrogens is 3. The summed E-state index contributed by atoms with van der Waals surface area (Å²) in [6, 6.07) is 13.6. The third-order valence-electron chi connectivity index (χ3n) is 3.22. The second kappa shape index (κ2) is 6.09. The summed E-state index contributed by atoms with van der Waals surface area (Å²) in [4.78, 5) is 14.7. The average Bonchev–Trinajstić information content (AvgIpc) is 3.19. The van der Waals surface area contributed by atoms with Crippen molar-refractivity contribution in [2.45, 2.75) is 13.1 Å². The molecular formula is C16H16N4O. The molecule has 2 heterocycles. The van der Waals surface area contributed by atoms with E-state index in [1.54, 1.807) is 24.5 Å². The molecule has 0 spiro atoms. The highest BCUT2D eigenvalue weighted by Crippen LogP contribution is 2.06. The molecule has 3 aromatic rings. The number of carbonyl (C=O) groups is 1. The molecule has 0 saturated carbocycles. The van der Waals surface area contributed by atoms with Gasteiger partial charge in [0.2, 0.25) is 0 Å². The van der Waals surface area contributed by atoms with Crippen LogP contribution in [0.2, 0.25) is 0 Å². The highest BCUT2D eigenvalue weighted by atomic mass is 16.1. The van der Waals surface area contributed by atoms with E-state index in [0.29, 0.717) is 12.2 Å². The number of aromatic amines is 1. The molecule has 0 fully saturated rings. The number of H-pyrrole nitrogens is 1. The third-order valence-corrected chi connectivity index (χ3v) is 3.22. The Morgan fingerprint density at radius 3 is 2.62 bits per heavy atom. The van der Waals surface area contributed by atoms with E-state index >= 15 is 0 Å². The number of nitrogens with zero attached hydrogens (tertiary/aromatic N) is 2. The second-order valence-corrected chi connectivity index (χ2v) is 4.79. The third kappa shape index (κ3) is 3.39. The molecule has 5 heteroatoms. The van der Waals surface area contributed by atoms with E-state index in [0.717, 1.165) is 12.1 Å². The van der Waals surface area contributed by atoms with Gasteiger partial charge in [-0.15, -0.1) is 0 Å². The van der Waals surface area contributed by atoms with Crippen LogP contribution >= 0.6 is 0 Å². The molecule has 0 aliphatic heterocycles. The predicted octanol–water partition coefficient (Wildman–Crippen LogP) is 2.19. The summed E-state index contributed by atoms with van der Waals surface area (Å²) in [6.07, 6.45) is 5.44. The molecule has 1 amide bonds. The lowest BCUT2D eigenvalue weighted by Gasteiger charge is -2.06.